The second kappa shape index (κ2) is 4.51. The van der Waals surface area contributed by atoms with E-state index in [4.69, 9.17) is 16.2 Å². The smallest absolute Gasteiger partial charge is 0.222 e. The number of fused-ring (bicyclic) bond motifs is 1. The number of benzene rings is 1. The summed E-state index contributed by atoms with van der Waals surface area (Å²) in [6.45, 7) is 2.53. The summed E-state index contributed by atoms with van der Waals surface area (Å²) in [6, 6.07) is 10.1. The Balaban J connectivity index is 2.15. The summed E-state index contributed by atoms with van der Waals surface area (Å²) in [7, 11) is 0. The molecule has 19 heavy (non-hydrogen) atoms. The molecule has 98 valence electrons. The van der Waals surface area contributed by atoms with Gasteiger partial charge in [-0.1, -0.05) is 30.3 Å². The quantitative estimate of drug-likeness (QED) is 0.813. The van der Waals surface area contributed by atoms with Crippen molar-refractivity contribution >= 4 is 11.8 Å². The molecular weight excluding hydrogens is 240 g/mol. The van der Waals surface area contributed by atoms with Gasteiger partial charge in [0.15, 0.2) is 0 Å². The van der Waals surface area contributed by atoms with E-state index in [1.54, 1.807) is 0 Å². The van der Waals surface area contributed by atoms with E-state index in [2.05, 4.69) is 22.1 Å². The highest BCUT2D eigenvalue weighted by molar-refractivity contribution is 5.51. The molecule has 3 rings (SSSR count). The number of aromatic nitrogens is 2. The van der Waals surface area contributed by atoms with Crippen molar-refractivity contribution in [2.45, 2.75) is 18.9 Å². The molecule has 2 atom stereocenters. The minimum Gasteiger partial charge on any atom is -0.383 e. The molecule has 0 saturated heterocycles. The lowest BCUT2D eigenvalue weighted by molar-refractivity contribution is 0.0453. The molecule has 5 nitrogen and oxygen atoms in total. The van der Waals surface area contributed by atoms with Crippen molar-refractivity contribution in [2.75, 3.05) is 18.1 Å². The van der Waals surface area contributed by atoms with Crippen molar-refractivity contribution in [3.8, 4) is 0 Å². The molecule has 2 aromatic rings. The lowest BCUT2D eigenvalue weighted by Gasteiger charge is -2.30. The fourth-order valence-electron chi connectivity index (χ4n) is 2.55. The van der Waals surface area contributed by atoms with Crippen LogP contribution in [0, 0.1) is 0 Å². The topological polar surface area (TPSA) is 87.0 Å². The summed E-state index contributed by atoms with van der Waals surface area (Å²) < 4.78 is 5.79. The Bertz CT molecular complexity index is 600. The van der Waals surface area contributed by atoms with E-state index >= 15 is 0 Å². The summed E-state index contributed by atoms with van der Waals surface area (Å²) in [5.74, 6) is 0.682. The first-order valence-corrected chi connectivity index (χ1v) is 6.26. The van der Waals surface area contributed by atoms with Gasteiger partial charge in [-0.25, -0.2) is 4.98 Å². The van der Waals surface area contributed by atoms with Gasteiger partial charge in [-0.05, 0) is 12.5 Å². The van der Waals surface area contributed by atoms with Gasteiger partial charge in [0.2, 0.25) is 5.95 Å². The van der Waals surface area contributed by atoms with Gasteiger partial charge in [0.25, 0.3) is 0 Å². The highest BCUT2D eigenvalue weighted by Crippen LogP contribution is 2.38. The third-order valence-electron chi connectivity index (χ3n) is 3.47. The van der Waals surface area contributed by atoms with Crippen molar-refractivity contribution in [2.24, 2.45) is 0 Å². The highest BCUT2D eigenvalue weighted by atomic mass is 16.5. The predicted molar refractivity (Wildman–Crippen MR) is 73.5 cm³/mol. The number of hydrogen-bond acceptors (Lipinski definition) is 5. The molecule has 2 unspecified atom stereocenters. The lowest BCUT2D eigenvalue weighted by atomic mass is 9.89. The summed E-state index contributed by atoms with van der Waals surface area (Å²) >= 11 is 0. The molecule has 1 aliphatic rings. The van der Waals surface area contributed by atoms with Gasteiger partial charge in [-0.15, -0.1) is 0 Å². The van der Waals surface area contributed by atoms with Crippen LogP contribution in [0.5, 0.6) is 0 Å². The molecule has 0 bridgehead atoms. The Morgan fingerprint density at radius 3 is 2.63 bits per heavy atom. The first kappa shape index (κ1) is 11.9. The Hall–Kier alpha value is -2.14. The van der Waals surface area contributed by atoms with Gasteiger partial charge in [-0.3, -0.25) is 0 Å². The molecule has 0 fully saturated rings. The Kier molecular flexibility index (Phi) is 2.83. The first-order valence-electron chi connectivity index (χ1n) is 6.26. The van der Waals surface area contributed by atoms with E-state index in [0.717, 1.165) is 16.8 Å². The largest absolute Gasteiger partial charge is 0.383 e. The second-order valence-electron chi connectivity index (χ2n) is 4.70. The molecule has 0 aliphatic carbocycles. The number of rotatable bonds is 1. The predicted octanol–water partition coefficient (Wildman–Crippen LogP) is 1.86. The number of hydrogen-bond donors (Lipinski definition) is 2. The van der Waals surface area contributed by atoms with Crippen molar-refractivity contribution < 1.29 is 4.74 Å². The van der Waals surface area contributed by atoms with Crippen LogP contribution < -0.4 is 11.5 Å². The summed E-state index contributed by atoms with van der Waals surface area (Å²) in [4.78, 5) is 8.42. The SMILES string of the molecule is CC1OCC(c2ccccc2)c2nc(N)nc(N)c21. The average molecular weight is 256 g/mol. The molecule has 1 aromatic heterocycles. The standard InChI is InChI=1S/C14H16N4O/c1-8-11-12(17-14(16)18-13(11)15)10(7-19-8)9-5-3-2-4-6-9/h2-6,8,10H,7H2,1H3,(H4,15,16,17,18). The highest BCUT2D eigenvalue weighted by Gasteiger charge is 2.30. The Morgan fingerprint density at radius 1 is 1.16 bits per heavy atom. The van der Waals surface area contributed by atoms with E-state index in [1.165, 1.54) is 0 Å². The molecular formula is C14H16N4O. The van der Waals surface area contributed by atoms with Crippen molar-refractivity contribution in [1.29, 1.82) is 0 Å². The normalized spacial score (nSPS) is 21.9. The van der Waals surface area contributed by atoms with Gasteiger partial charge < -0.3 is 16.2 Å². The van der Waals surface area contributed by atoms with Crippen LogP contribution >= 0.6 is 0 Å². The van der Waals surface area contributed by atoms with Crippen LogP contribution in [0.4, 0.5) is 11.8 Å². The third kappa shape index (κ3) is 2.02. The van der Waals surface area contributed by atoms with E-state index < -0.39 is 0 Å². The first-order chi connectivity index (χ1) is 9.16. The van der Waals surface area contributed by atoms with Gasteiger partial charge in [-0.2, -0.15) is 4.98 Å². The van der Waals surface area contributed by atoms with Crippen LogP contribution in [0.15, 0.2) is 30.3 Å². The van der Waals surface area contributed by atoms with E-state index in [1.807, 2.05) is 25.1 Å². The van der Waals surface area contributed by atoms with Gasteiger partial charge >= 0.3 is 0 Å². The van der Waals surface area contributed by atoms with Crippen LogP contribution in [0.25, 0.3) is 0 Å². The molecule has 4 N–H and O–H groups in total. The molecule has 1 aromatic carbocycles. The van der Waals surface area contributed by atoms with Crippen LogP contribution in [0.3, 0.4) is 0 Å². The van der Waals surface area contributed by atoms with Crippen LogP contribution in [0.1, 0.15) is 35.8 Å². The lowest BCUT2D eigenvalue weighted by Crippen LogP contribution is -2.24. The third-order valence-corrected chi connectivity index (χ3v) is 3.47. The Labute approximate surface area is 111 Å². The Morgan fingerprint density at radius 2 is 1.89 bits per heavy atom. The van der Waals surface area contributed by atoms with Crippen molar-refractivity contribution in [1.82, 2.24) is 9.97 Å². The molecule has 1 aliphatic heterocycles. The van der Waals surface area contributed by atoms with Gasteiger partial charge in [0.05, 0.1) is 24.3 Å². The molecule has 0 amide bonds. The molecule has 0 saturated carbocycles. The number of nitrogens with zero attached hydrogens (tertiary/aromatic N) is 2. The number of anilines is 2. The molecule has 0 radical (unpaired) electrons. The van der Waals surface area contributed by atoms with Crippen molar-refractivity contribution in [3.05, 3.63) is 47.2 Å². The van der Waals surface area contributed by atoms with Crippen LogP contribution in [0.2, 0.25) is 0 Å². The number of nitrogen functional groups attached to an aromatic ring is 2. The maximum atomic E-state index is 5.96. The zero-order chi connectivity index (χ0) is 13.4. The van der Waals surface area contributed by atoms with Gasteiger partial charge in [0, 0.05) is 5.56 Å². The minimum atomic E-state index is -0.101. The second-order valence-corrected chi connectivity index (χ2v) is 4.70. The molecule has 2 heterocycles. The fourth-order valence-corrected chi connectivity index (χ4v) is 2.55. The van der Waals surface area contributed by atoms with Gasteiger partial charge in [0.1, 0.15) is 5.82 Å². The zero-order valence-electron chi connectivity index (χ0n) is 10.7. The maximum Gasteiger partial charge on any atom is 0.222 e. The number of ether oxygens (including phenoxy) is 1. The van der Waals surface area contributed by atoms with E-state index in [0.29, 0.717) is 12.4 Å². The summed E-state index contributed by atoms with van der Waals surface area (Å²) in [5.41, 5.74) is 14.6. The summed E-state index contributed by atoms with van der Waals surface area (Å²) in [5, 5.41) is 0. The van der Waals surface area contributed by atoms with Crippen LogP contribution in [-0.4, -0.2) is 16.6 Å². The monoisotopic (exact) mass is 256 g/mol. The zero-order valence-corrected chi connectivity index (χ0v) is 10.7. The molecule has 0 spiro atoms. The maximum absolute atomic E-state index is 5.96. The summed E-state index contributed by atoms with van der Waals surface area (Å²) in [6.07, 6.45) is -0.101. The number of nitrogens with two attached hydrogens (primary N) is 2. The molecule has 5 heteroatoms. The van der Waals surface area contributed by atoms with Crippen molar-refractivity contribution in [3.63, 3.8) is 0 Å². The van der Waals surface area contributed by atoms with Crippen LogP contribution in [-0.2, 0) is 4.74 Å². The fraction of sp³-hybridized carbons (Fsp3) is 0.286. The van der Waals surface area contributed by atoms with E-state index in [-0.39, 0.29) is 18.0 Å². The minimum absolute atomic E-state index is 0.0556. The average Bonchev–Trinajstić information content (AvgIpc) is 2.39. The van der Waals surface area contributed by atoms with E-state index in [9.17, 15) is 0 Å².